The number of ether oxygens (including phenoxy) is 2. The highest BCUT2D eigenvalue weighted by atomic mass is 16.6. The molecule has 0 aliphatic carbocycles. The number of nitro benzene ring substituents is 1. The van der Waals surface area contributed by atoms with Crippen LogP contribution in [0.4, 0.5) is 11.4 Å². The van der Waals surface area contributed by atoms with Gasteiger partial charge in [0.1, 0.15) is 5.56 Å². The number of morpholine rings is 1. The number of nitro groups is 1. The number of carbonyl (C=O) groups excluding carboxylic acids is 3. The van der Waals surface area contributed by atoms with Crippen molar-refractivity contribution >= 4 is 28.9 Å². The second-order valence-electron chi connectivity index (χ2n) is 7.65. The minimum Gasteiger partial charge on any atom is -0.450 e. The molecule has 10 nitrogen and oxygen atoms in total. The molecule has 1 aromatic heterocycles. The summed E-state index contributed by atoms with van der Waals surface area (Å²) < 4.78 is 10.6. The van der Waals surface area contributed by atoms with Gasteiger partial charge >= 0.3 is 5.97 Å². The van der Waals surface area contributed by atoms with E-state index in [9.17, 15) is 24.5 Å². The van der Waals surface area contributed by atoms with Crippen LogP contribution >= 0.6 is 0 Å². The molecule has 0 bridgehead atoms. The maximum absolute atomic E-state index is 12.9. The molecule has 2 aromatic rings. The summed E-state index contributed by atoms with van der Waals surface area (Å²) in [5.74, 6) is -1.69. The SMILES string of the molecule is CC(=O)c1c(C)[nH]c(C(=O)C(C)OC(=O)c2cc(N3CCOCC3)ccc2[N+](=O)[O-])c1C. The average molecular weight is 443 g/mol. The second-order valence-corrected chi connectivity index (χ2v) is 7.65. The number of aromatic nitrogens is 1. The Kier molecular flexibility index (Phi) is 6.73. The summed E-state index contributed by atoms with van der Waals surface area (Å²) in [5.41, 5.74) is 1.60. The Labute approximate surface area is 184 Å². The molecule has 0 spiro atoms. The fourth-order valence-corrected chi connectivity index (χ4v) is 3.87. The lowest BCUT2D eigenvalue weighted by molar-refractivity contribution is -0.385. The van der Waals surface area contributed by atoms with E-state index in [0.29, 0.717) is 48.8 Å². The first kappa shape index (κ1) is 23.1. The molecule has 0 amide bonds. The van der Waals surface area contributed by atoms with Crippen LogP contribution in [0.25, 0.3) is 0 Å². The third-order valence-electron chi connectivity index (χ3n) is 5.46. The summed E-state index contributed by atoms with van der Waals surface area (Å²) in [4.78, 5) is 53.2. The van der Waals surface area contributed by atoms with E-state index in [2.05, 4.69) is 4.98 Å². The fraction of sp³-hybridized carbons (Fsp3) is 0.409. The Balaban J connectivity index is 1.85. The summed E-state index contributed by atoms with van der Waals surface area (Å²) in [6.07, 6.45) is -1.22. The molecule has 2 heterocycles. The maximum atomic E-state index is 12.9. The Hall–Kier alpha value is -3.53. The lowest BCUT2D eigenvalue weighted by atomic mass is 10.0. The zero-order chi connectivity index (χ0) is 23.6. The summed E-state index contributed by atoms with van der Waals surface area (Å²) in [5, 5.41) is 11.5. The van der Waals surface area contributed by atoms with Crippen molar-refractivity contribution in [2.24, 2.45) is 0 Å². The zero-order valence-corrected chi connectivity index (χ0v) is 18.4. The minimum atomic E-state index is -1.22. The molecule has 1 unspecified atom stereocenters. The quantitative estimate of drug-likeness (QED) is 0.299. The standard InChI is InChI=1S/C22H25N3O7/c1-12-19(14(3)26)13(2)23-20(12)21(27)15(4)32-22(28)17-11-16(5-6-18(17)25(29)30)24-7-9-31-10-8-24/h5-6,11,15,23H,7-10H2,1-4H3. The number of H-pyrrole nitrogens is 1. The molecule has 1 aliphatic rings. The van der Waals surface area contributed by atoms with Crippen molar-refractivity contribution in [1.29, 1.82) is 0 Å². The second kappa shape index (κ2) is 9.31. The van der Waals surface area contributed by atoms with Gasteiger partial charge < -0.3 is 19.4 Å². The number of hydrogen-bond donors (Lipinski definition) is 1. The predicted octanol–water partition coefficient (Wildman–Crippen LogP) is 3.01. The van der Waals surface area contributed by atoms with Crippen molar-refractivity contribution in [2.75, 3.05) is 31.2 Å². The predicted molar refractivity (Wildman–Crippen MR) is 116 cm³/mol. The Morgan fingerprint density at radius 2 is 1.88 bits per heavy atom. The Bertz CT molecular complexity index is 1080. The van der Waals surface area contributed by atoms with Gasteiger partial charge in [0.15, 0.2) is 11.9 Å². The van der Waals surface area contributed by atoms with Gasteiger partial charge in [-0.25, -0.2) is 4.79 Å². The van der Waals surface area contributed by atoms with Crippen molar-refractivity contribution in [3.8, 4) is 0 Å². The molecule has 1 N–H and O–H groups in total. The Morgan fingerprint density at radius 3 is 2.44 bits per heavy atom. The topological polar surface area (TPSA) is 132 Å². The van der Waals surface area contributed by atoms with E-state index in [1.165, 1.54) is 26.0 Å². The highest BCUT2D eigenvalue weighted by Crippen LogP contribution is 2.27. The molecule has 3 rings (SSSR count). The van der Waals surface area contributed by atoms with Gasteiger partial charge in [0.25, 0.3) is 5.69 Å². The van der Waals surface area contributed by atoms with Crippen LogP contribution in [-0.2, 0) is 9.47 Å². The van der Waals surface area contributed by atoms with Crippen LogP contribution in [0, 0.1) is 24.0 Å². The number of nitrogens with zero attached hydrogens (tertiary/aromatic N) is 2. The van der Waals surface area contributed by atoms with Crippen molar-refractivity contribution in [3.63, 3.8) is 0 Å². The zero-order valence-electron chi connectivity index (χ0n) is 18.4. The molecule has 10 heteroatoms. The smallest absolute Gasteiger partial charge is 0.345 e. The number of ketones is 2. The minimum absolute atomic E-state index is 0.171. The third-order valence-corrected chi connectivity index (χ3v) is 5.46. The van der Waals surface area contributed by atoms with E-state index in [-0.39, 0.29) is 17.0 Å². The van der Waals surface area contributed by atoms with Crippen LogP contribution < -0.4 is 4.90 Å². The Morgan fingerprint density at radius 1 is 1.22 bits per heavy atom. The summed E-state index contributed by atoms with van der Waals surface area (Å²) >= 11 is 0. The van der Waals surface area contributed by atoms with Gasteiger partial charge in [-0.2, -0.15) is 0 Å². The summed E-state index contributed by atoms with van der Waals surface area (Å²) in [6.45, 7) is 8.31. The molecular formula is C22H25N3O7. The molecule has 1 aliphatic heterocycles. The van der Waals surface area contributed by atoms with Gasteiger partial charge in [-0.1, -0.05) is 0 Å². The van der Waals surface area contributed by atoms with Crippen LogP contribution in [0.1, 0.15) is 56.3 Å². The molecule has 0 saturated carbocycles. The first-order chi connectivity index (χ1) is 15.1. The lowest BCUT2D eigenvalue weighted by Gasteiger charge is -2.29. The number of carbonyl (C=O) groups is 3. The number of nitrogens with one attached hydrogen (secondary N) is 1. The van der Waals surface area contributed by atoms with Crippen LogP contribution in [-0.4, -0.2) is 59.9 Å². The molecule has 1 saturated heterocycles. The molecule has 1 fully saturated rings. The first-order valence-electron chi connectivity index (χ1n) is 10.2. The summed E-state index contributed by atoms with van der Waals surface area (Å²) in [6, 6.07) is 4.23. The molecule has 1 aromatic carbocycles. The molecule has 32 heavy (non-hydrogen) atoms. The third kappa shape index (κ3) is 4.54. The molecular weight excluding hydrogens is 418 g/mol. The number of aryl methyl sites for hydroxylation is 1. The van der Waals surface area contributed by atoms with Crippen molar-refractivity contribution in [3.05, 3.63) is 56.4 Å². The van der Waals surface area contributed by atoms with Crippen LogP contribution in [0.15, 0.2) is 18.2 Å². The lowest BCUT2D eigenvalue weighted by Crippen LogP contribution is -2.36. The normalized spacial score (nSPS) is 14.7. The van der Waals surface area contributed by atoms with Gasteiger partial charge in [0, 0.05) is 36.1 Å². The highest BCUT2D eigenvalue weighted by molar-refractivity contribution is 6.06. The van der Waals surface area contributed by atoms with Gasteiger partial charge in [0.05, 0.1) is 23.8 Å². The van der Waals surface area contributed by atoms with E-state index in [1.807, 2.05) is 4.90 Å². The van der Waals surface area contributed by atoms with Gasteiger partial charge in [-0.05, 0) is 45.4 Å². The van der Waals surface area contributed by atoms with Crippen molar-refractivity contribution in [1.82, 2.24) is 4.98 Å². The van der Waals surface area contributed by atoms with Gasteiger partial charge in [-0.3, -0.25) is 19.7 Å². The molecule has 0 radical (unpaired) electrons. The molecule has 1 atom stereocenters. The number of anilines is 1. The van der Waals surface area contributed by atoms with E-state index >= 15 is 0 Å². The van der Waals surface area contributed by atoms with E-state index in [0.717, 1.165) is 0 Å². The van der Waals surface area contributed by atoms with E-state index in [1.54, 1.807) is 19.9 Å². The van der Waals surface area contributed by atoms with E-state index < -0.39 is 28.5 Å². The van der Waals surface area contributed by atoms with Crippen LogP contribution in [0.5, 0.6) is 0 Å². The largest absolute Gasteiger partial charge is 0.450 e. The number of Topliss-reactive ketones (excluding diaryl/α,β-unsaturated/α-hetero) is 2. The van der Waals surface area contributed by atoms with E-state index in [4.69, 9.17) is 9.47 Å². The fourth-order valence-electron chi connectivity index (χ4n) is 3.87. The number of aromatic amines is 1. The van der Waals surface area contributed by atoms with Gasteiger partial charge in [-0.15, -0.1) is 0 Å². The van der Waals surface area contributed by atoms with Crippen LogP contribution in [0.2, 0.25) is 0 Å². The maximum Gasteiger partial charge on any atom is 0.345 e. The number of esters is 1. The first-order valence-corrected chi connectivity index (χ1v) is 10.2. The number of hydrogen-bond acceptors (Lipinski definition) is 8. The number of benzene rings is 1. The monoisotopic (exact) mass is 443 g/mol. The van der Waals surface area contributed by atoms with Gasteiger partial charge in [0.2, 0.25) is 5.78 Å². The number of rotatable bonds is 7. The van der Waals surface area contributed by atoms with Crippen LogP contribution in [0.3, 0.4) is 0 Å². The molecule has 170 valence electrons. The van der Waals surface area contributed by atoms with Crippen molar-refractivity contribution < 1.29 is 28.8 Å². The van der Waals surface area contributed by atoms with Crippen molar-refractivity contribution in [2.45, 2.75) is 33.8 Å². The average Bonchev–Trinajstić information content (AvgIpc) is 3.07. The summed E-state index contributed by atoms with van der Waals surface area (Å²) in [7, 11) is 0. The highest BCUT2D eigenvalue weighted by Gasteiger charge is 2.29.